The van der Waals surface area contributed by atoms with Crippen molar-refractivity contribution in [3.05, 3.63) is 35.5 Å². The van der Waals surface area contributed by atoms with Gasteiger partial charge < -0.3 is 19.5 Å². The van der Waals surface area contributed by atoms with E-state index in [2.05, 4.69) is 4.98 Å². The molecule has 1 saturated heterocycles. The molecule has 1 aromatic heterocycles. The van der Waals surface area contributed by atoms with Crippen molar-refractivity contribution in [3.8, 4) is 0 Å². The normalized spacial score (nSPS) is 24.6. The van der Waals surface area contributed by atoms with Crippen LogP contribution >= 0.6 is 0 Å². The van der Waals surface area contributed by atoms with Crippen LogP contribution < -0.4 is 0 Å². The highest BCUT2D eigenvalue weighted by Gasteiger charge is 2.48. The molecule has 0 bridgehead atoms. The third-order valence-electron chi connectivity index (χ3n) is 5.97. The van der Waals surface area contributed by atoms with Crippen molar-refractivity contribution in [1.29, 1.82) is 0 Å². The number of methoxy groups -OCH3 is 1. The number of rotatable bonds is 2. The van der Waals surface area contributed by atoms with E-state index in [9.17, 15) is 14.4 Å². The Morgan fingerprint density at radius 2 is 2.00 bits per heavy atom. The van der Waals surface area contributed by atoms with E-state index in [1.165, 1.54) is 7.11 Å². The zero-order valence-corrected chi connectivity index (χ0v) is 15.1. The fourth-order valence-corrected chi connectivity index (χ4v) is 4.51. The third kappa shape index (κ3) is 2.44. The molecular formula is C20H21N3O4. The molecule has 1 aliphatic carbocycles. The van der Waals surface area contributed by atoms with Crippen LogP contribution in [0.2, 0.25) is 0 Å². The van der Waals surface area contributed by atoms with E-state index in [1.54, 1.807) is 9.80 Å². The van der Waals surface area contributed by atoms with E-state index in [0.29, 0.717) is 13.0 Å². The van der Waals surface area contributed by atoms with Crippen molar-refractivity contribution in [3.63, 3.8) is 0 Å². The van der Waals surface area contributed by atoms with Gasteiger partial charge in [-0.15, -0.1) is 0 Å². The molecule has 27 heavy (non-hydrogen) atoms. The molecule has 0 unspecified atom stereocenters. The Balaban J connectivity index is 1.61. The summed E-state index contributed by atoms with van der Waals surface area (Å²) >= 11 is 0. The summed E-state index contributed by atoms with van der Waals surface area (Å²) in [5, 5.41) is 1.05. The van der Waals surface area contributed by atoms with Gasteiger partial charge in [0.2, 0.25) is 11.8 Å². The topological polar surface area (TPSA) is 82.7 Å². The van der Waals surface area contributed by atoms with Crippen LogP contribution in [0, 0.1) is 5.92 Å². The van der Waals surface area contributed by atoms with Crippen molar-refractivity contribution >= 4 is 28.7 Å². The summed E-state index contributed by atoms with van der Waals surface area (Å²) in [6, 6.07) is 6.92. The molecule has 3 heterocycles. The highest BCUT2D eigenvalue weighted by molar-refractivity contribution is 5.93. The van der Waals surface area contributed by atoms with Crippen molar-refractivity contribution in [2.75, 3.05) is 20.2 Å². The van der Waals surface area contributed by atoms with Crippen LogP contribution in [0.25, 0.3) is 10.9 Å². The molecule has 2 aliphatic heterocycles. The number of H-pyrrole nitrogens is 1. The monoisotopic (exact) mass is 367 g/mol. The number of aromatic amines is 1. The lowest BCUT2D eigenvalue weighted by molar-refractivity contribution is -0.162. The fraction of sp³-hybridized carbons (Fsp3) is 0.450. The SMILES string of the molecule is COC(=O)[C@@H]1Cc2c([nH]c3ccccc23)[C@H]2CN(C(=O)C3CC3)CC(=O)N21. The summed E-state index contributed by atoms with van der Waals surface area (Å²) in [6.45, 7) is 0.448. The van der Waals surface area contributed by atoms with Crippen LogP contribution in [0.1, 0.15) is 30.1 Å². The number of fused-ring (bicyclic) bond motifs is 5. The number of carbonyl (C=O) groups excluding carboxylic acids is 3. The zero-order valence-electron chi connectivity index (χ0n) is 15.1. The van der Waals surface area contributed by atoms with E-state index < -0.39 is 12.0 Å². The average molecular weight is 367 g/mol. The number of nitrogens with zero attached hydrogens (tertiary/aromatic N) is 2. The Kier molecular flexibility index (Phi) is 3.54. The predicted molar refractivity (Wildman–Crippen MR) is 96.7 cm³/mol. The van der Waals surface area contributed by atoms with Crippen LogP contribution in [-0.4, -0.2) is 58.8 Å². The van der Waals surface area contributed by atoms with Crippen LogP contribution in [0.15, 0.2) is 24.3 Å². The molecule has 1 saturated carbocycles. The van der Waals surface area contributed by atoms with Crippen molar-refractivity contribution < 1.29 is 19.1 Å². The molecule has 3 aliphatic rings. The maximum atomic E-state index is 13.0. The van der Waals surface area contributed by atoms with Gasteiger partial charge in [0.25, 0.3) is 0 Å². The number of ether oxygens (including phenoxy) is 1. The predicted octanol–water partition coefficient (Wildman–Crippen LogP) is 1.39. The third-order valence-corrected chi connectivity index (χ3v) is 5.97. The first-order valence-corrected chi connectivity index (χ1v) is 9.35. The van der Waals surface area contributed by atoms with E-state index >= 15 is 0 Å². The lowest BCUT2D eigenvalue weighted by Gasteiger charge is -2.46. The summed E-state index contributed by atoms with van der Waals surface area (Å²) in [5.41, 5.74) is 2.94. The molecule has 7 nitrogen and oxygen atoms in total. The molecule has 2 aromatic rings. The number of carbonyl (C=O) groups is 3. The van der Waals surface area contributed by atoms with Gasteiger partial charge in [0.15, 0.2) is 0 Å². The number of aromatic nitrogens is 1. The molecule has 2 fully saturated rings. The Hall–Kier alpha value is -2.83. The summed E-state index contributed by atoms with van der Waals surface area (Å²) in [7, 11) is 1.35. The molecule has 1 N–H and O–H groups in total. The Labute approximate surface area is 156 Å². The van der Waals surface area contributed by atoms with Gasteiger partial charge in [-0.05, 0) is 24.5 Å². The maximum absolute atomic E-state index is 13.0. The van der Waals surface area contributed by atoms with E-state index in [4.69, 9.17) is 4.74 Å². The first kappa shape index (κ1) is 16.4. The molecule has 1 aromatic carbocycles. The van der Waals surface area contributed by atoms with Gasteiger partial charge in [-0.3, -0.25) is 9.59 Å². The van der Waals surface area contributed by atoms with Gasteiger partial charge in [-0.1, -0.05) is 18.2 Å². The first-order chi connectivity index (χ1) is 13.1. The van der Waals surface area contributed by atoms with E-state index in [0.717, 1.165) is 35.0 Å². The number of amides is 2. The van der Waals surface area contributed by atoms with Crippen molar-refractivity contribution in [2.24, 2.45) is 5.92 Å². The second-order valence-electron chi connectivity index (χ2n) is 7.62. The van der Waals surface area contributed by atoms with E-state index in [1.807, 2.05) is 24.3 Å². The average Bonchev–Trinajstić information content (AvgIpc) is 3.46. The standard InChI is InChI=1S/C20H21N3O4/c1-27-20(26)15-8-13-12-4-2-3-5-14(12)21-18(13)16-9-22(10-17(24)23(15)16)19(25)11-6-7-11/h2-5,11,15-16,21H,6-10H2,1H3/t15-,16+/m0/s1. The van der Waals surface area contributed by atoms with Gasteiger partial charge in [0, 0.05) is 35.5 Å². The Bertz CT molecular complexity index is 961. The van der Waals surface area contributed by atoms with Crippen molar-refractivity contribution in [2.45, 2.75) is 31.3 Å². The smallest absolute Gasteiger partial charge is 0.328 e. The zero-order chi connectivity index (χ0) is 18.7. The molecule has 0 radical (unpaired) electrons. The highest BCUT2D eigenvalue weighted by Crippen LogP contribution is 2.41. The Morgan fingerprint density at radius 1 is 1.22 bits per heavy atom. The van der Waals surface area contributed by atoms with Gasteiger partial charge >= 0.3 is 5.97 Å². The number of piperazine rings is 1. The maximum Gasteiger partial charge on any atom is 0.328 e. The van der Waals surface area contributed by atoms with Gasteiger partial charge in [0.05, 0.1) is 19.7 Å². The van der Waals surface area contributed by atoms with Crippen LogP contribution in [0.5, 0.6) is 0 Å². The number of hydrogen-bond donors (Lipinski definition) is 1. The number of para-hydroxylation sites is 1. The largest absolute Gasteiger partial charge is 0.467 e. The minimum absolute atomic E-state index is 0.0366. The van der Waals surface area contributed by atoms with Crippen LogP contribution in [-0.2, 0) is 25.5 Å². The van der Waals surface area contributed by atoms with E-state index in [-0.39, 0.29) is 30.3 Å². The summed E-state index contributed by atoms with van der Waals surface area (Å²) in [5.74, 6) is -0.487. The highest BCUT2D eigenvalue weighted by atomic mass is 16.5. The number of benzene rings is 1. The number of esters is 1. The van der Waals surface area contributed by atoms with Crippen molar-refractivity contribution in [1.82, 2.24) is 14.8 Å². The fourth-order valence-electron chi connectivity index (χ4n) is 4.51. The summed E-state index contributed by atoms with van der Waals surface area (Å²) in [4.78, 5) is 44.7. The first-order valence-electron chi connectivity index (χ1n) is 9.35. The summed E-state index contributed by atoms with van der Waals surface area (Å²) in [6.07, 6.45) is 2.23. The lowest BCUT2D eigenvalue weighted by Crippen LogP contribution is -2.61. The number of hydrogen-bond acceptors (Lipinski definition) is 4. The number of nitrogens with one attached hydrogen (secondary N) is 1. The minimum atomic E-state index is -0.655. The summed E-state index contributed by atoms with van der Waals surface area (Å²) < 4.78 is 4.99. The second-order valence-corrected chi connectivity index (χ2v) is 7.62. The lowest BCUT2D eigenvalue weighted by atomic mass is 9.89. The molecule has 0 spiro atoms. The van der Waals surface area contributed by atoms with Gasteiger partial charge in [0.1, 0.15) is 6.04 Å². The molecule has 2 atom stereocenters. The van der Waals surface area contributed by atoms with Gasteiger partial charge in [-0.25, -0.2) is 4.79 Å². The second kappa shape index (κ2) is 5.84. The molecule has 140 valence electrons. The van der Waals surface area contributed by atoms with Crippen LogP contribution in [0.4, 0.5) is 0 Å². The molecule has 2 amide bonds. The minimum Gasteiger partial charge on any atom is -0.467 e. The van der Waals surface area contributed by atoms with Crippen LogP contribution in [0.3, 0.4) is 0 Å². The van der Waals surface area contributed by atoms with Gasteiger partial charge in [-0.2, -0.15) is 0 Å². The quantitative estimate of drug-likeness (QED) is 0.813. The molecule has 5 rings (SSSR count). The molecule has 7 heteroatoms. The molecular weight excluding hydrogens is 346 g/mol. The Morgan fingerprint density at radius 3 is 2.74 bits per heavy atom.